The predicted octanol–water partition coefficient (Wildman–Crippen LogP) is 1.94. The third-order valence-electron chi connectivity index (χ3n) is 1.94. The molecule has 0 amide bonds. The molecule has 0 heterocycles. The summed E-state index contributed by atoms with van der Waals surface area (Å²) in [5, 5.41) is 0. The summed E-state index contributed by atoms with van der Waals surface area (Å²) in [6.45, 7) is 2.07. The van der Waals surface area contributed by atoms with Crippen LogP contribution >= 0.6 is 0 Å². The number of aliphatic imine (C=N–C) groups is 1. The van der Waals surface area contributed by atoms with E-state index in [2.05, 4.69) is 10.4 Å². The van der Waals surface area contributed by atoms with Crippen molar-refractivity contribution >= 4 is 5.84 Å². The van der Waals surface area contributed by atoms with Gasteiger partial charge in [-0.3, -0.25) is 4.99 Å². The van der Waals surface area contributed by atoms with Gasteiger partial charge in [0.2, 0.25) is 0 Å². The summed E-state index contributed by atoms with van der Waals surface area (Å²) in [6.07, 6.45) is -4.41. The Kier molecular flexibility index (Phi) is 3.89. The molecule has 88 valence electrons. The summed E-state index contributed by atoms with van der Waals surface area (Å²) >= 11 is 0. The molecule has 1 aromatic rings. The van der Waals surface area contributed by atoms with Crippen LogP contribution < -0.4 is 11.3 Å². The monoisotopic (exact) mass is 231 g/mol. The second-order valence-electron chi connectivity index (χ2n) is 3.01. The highest BCUT2D eigenvalue weighted by Gasteiger charge is 2.34. The molecule has 0 aliphatic rings. The van der Waals surface area contributed by atoms with Gasteiger partial charge in [0, 0.05) is 12.1 Å². The molecule has 16 heavy (non-hydrogen) atoms. The predicted molar refractivity (Wildman–Crippen MR) is 55.8 cm³/mol. The number of benzene rings is 1. The highest BCUT2D eigenvalue weighted by atomic mass is 19.4. The summed E-state index contributed by atoms with van der Waals surface area (Å²) in [5.74, 6) is 5.19. The van der Waals surface area contributed by atoms with Crippen molar-refractivity contribution in [3.05, 3.63) is 35.4 Å². The van der Waals surface area contributed by atoms with Gasteiger partial charge in [0.25, 0.3) is 0 Å². The molecule has 0 bridgehead atoms. The number of rotatable bonds is 2. The third-order valence-corrected chi connectivity index (χ3v) is 1.94. The van der Waals surface area contributed by atoms with E-state index >= 15 is 0 Å². The van der Waals surface area contributed by atoms with Gasteiger partial charge < -0.3 is 5.43 Å². The first-order valence-electron chi connectivity index (χ1n) is 4.68. The molecule has 1 rings (SSSR count). The number of hydrogen-bond acceptors (Lipinski definition) is 2. The fourth-order valence-electron chi connectivity index (χ4n) is 1.30. The molecule has 3 nitrogen and oxygen atoms in total. The minimum atomic E-state index is -4.41. The average Bonchev–Trinajstić information content (AvgIpc) is 2.25. The van der Waals surface area contributed by atoms with E-state index in [1.807, 2.05) is 0 Å². The average molecular weight is 231 g/mol. The largest absolute Gasteiger partial charge is 0.417 e. The van der Waals surface area contributed by atoms with Crippen molar-refractivity contribution in [2.75, 3.05) is 6.54 Å². The molecule has 0 spiro atoms. The molecule has 0 aromatic heterocycles. The molecular weight excluding hydrogens is 219 g/mol. The van der Waals surface area contributed by atoms with Crippen molar-refractivity contribution in [1.29, 1.82) is 0 Å². The second kappa shape index (κ2) is 4.98. The van der Waals surface area contributed by atoms with Crippen LogP contribution in [0.4, 0.5) is 13.2 Å². The maximum absolute atomic E-state index is 12.7. The normalized spacial score (nSPS) is 12.7. The van der Waals surface area contributed by atoms with E-state index in [1.165, 1.54) is 18.2 Å². The maximum Gasteiger partial charge on any atom is 0.417 e. The lowest BCUT2D eigenvalue weighted by Gasteiger charge is -2.13. The van der Waals surface area contributed by atoms with Gasteiger partial charge in [0.15, 0.2) is 0 Å². The quantitative estimate of drug-likeness (QED) is 0.353. The van der Waals surface area contributed by atoms with Crippen LogP contribution in [0.5, 0.6) is 0 Å². The Morgan fingerprint density at radius 3 is 2.50 bits per heavy atom. The first-order valence-corrected chi connectivity index (χ1v) is 4.68. The van der Waals surface area contributed by atoms with E-state index < -0.39 is 11.7 Å². The Bertz CT molecular complexity index is 385. The van der Waals surface area contributed by atoms with Gasteiger partial charge in [-0.2, -0.15) is 13.2 Å². The van der Waals surface area contributed by atoms with E-state index in [4.69, 9.17) is 5.84 Å². The van der Waals surface area contributed by atoms with Crippen LogP contribution in [0.2, 0.25) is 0 Å². The Balaban J connectivity index is 3.28. The second-order valence-corrected chi connectivity index (χ2v) is 3.01. The number of amidine groups is 1. The van der Waals surface area contributed by atoms with E-state index in [0.717, 1.165) is 6.07 Å². The van der Waals surface area contributed by atoms with Gasteiger partial charge >= 0.3 is 6.18 Å². The molecule has 0 saturated carbocycles. The van der Waals surface area contributed by atoms with Crippen molar-refractivity contribution in [2.24, 2.45) is 10.8 Å². The van der Waals surface area contributed by atoms with Crippen LogP contribution in [0.3, 0.4) is 0 Å². The maximum atomic E-state index is 12.7. The molecule has 0 radical (unpaired) electrons. The molecule has 6 heteroatoms. The lowest BCUT2D eigenvalue weighted by atomic mass is 10.1. The van der Waals surface area contributed by atoms with Crippen LogP contribution in [-0.4, -0.2) is 12.4 Å². The SMILES string of the molecule is CCN=C(NN)c1ccccc1C(F)(F)F. The van der Waals surface area contributed by atoms with E-state index in [0.29, 0.717) is 6.54 Å². The highest BCUT2D eigenvalue weighted by molar-refractivity contribution is 5.99. The summed E-state index contributed by atoms with van der Waals surface area (Å²) in [4.78, 5) is 3.87. The van der Waals surface area contributed by atoms with Crippen molar-refractivity contribution in [1.82, 2.24) is 5.43 Å². The molecule has 1 aromatic carbocycles. The van der Waals surface area contributed by atoms with Crippen LogP contribution in [0.15, 0.2) is 29.3 Å². The number of alkyl halides is 3. The number of hydrogen-bond donors (Lipinski definition) is 2. The number of nitrogens with zero attached hydrogens (tertiary/aromatic N) is 1. The molecular formula is C10H12F3N3. The van der Waals surface area contributed by atoms with Crippen molar-refractivity contribution in [2.45, 2.75) is 13.1 Å². The highest BCUT2D eigenvalue weighted by Crippen LogP contribution is 2.31. The van der Waals surface area contributed by atoms with Crippen molar-refractivity contribution < 1.29 is 13.2 Å². The van der Waals surface area contributed by atoms with Crippen LogP contribution in [0.1, 0.15) is 18.1 Å². The molecule has 0 unspecified atom stereocenters. The fraction of sp³-hybridized carbons (Fsp3) is 0.300. The van der Waals surface area contributed by atoms with E-state index in [1.54, 1.807) is 6.92 Å². The molecule has 0 fully saturated rings. The lowest BCUT2D eigenvalue weighted by Crippen LogP contribution is -2.33. The zero-order valence-corrected chi connectivity index (χ0v) is 8.67. The van der Waals surface area contributed by atoms with Crippen molar-refractivity contribution in [3.63, 3.8) is 0 Å². The molecule has 3 N–H and O–H groups in total. The van der Waals surface area contributed by atoms with Crippen LogP contribution in [-0.2, 0) is 6.18 Å². The van der Waals surface area contributed by atoms with Crippen LogP contribution in [0.25, 0.3) is 0 Å². The minimum absolute atomic E-state index is 0.0374. The number of hydrazine groups is 1. The lowest BCUT2D eigenvalue weighted by molar-refractivity contribution is -0.137. The molecule has 0 atom stereocenters. The fourth-order valence-corrected chi connectivity index (χ4v) is 1.30. The smallest absolute Gasteiger partial charge is 0.308 e. The molecule has 0 aliphatic carbocycles. The van der Waals surface area contributed by atoms with Gasteiger partial charge in [-0.15, -0.1) is 0 Å². The van der Waals surface area contributed by atoms with Gasteiger partial charge in [0.1, 0.15) is 5.84 Å². The summed E-state index contributed by atoms with van der Waals surface area (Å²) in [5.41, 5.74) is 1.39. The van der Waals surface area contributed by atoms with Gasteiger partial charge in [-0.1, -0.05) is 18.2 Å². The summed E-state index contributed by atoms with van der Waals surface area (Å²) in [6, 6.07) is 5.16. The Morgan fingerprint density at radius 1 is 1.38 bits per heavy atom. The Labute approximate surface area is 91.1 Å². The Morgan fingerprint density at radius 2 is 2.00 bits per heavy atom. The number of halogens is 3. The first kappa shape index (κ1) is 12.5. The number of nitrogens with two attached hydrogens (primary N) is 1. The standard InChI is InChI=1S/C10H12F3N3/c1-2-15-9(16-14)7-5-3-4-6-8(7)10(11,12)13/h3-6H,2,14H2,1H3,(H,15,16). The molecule has 0 saturated heterocycles. The number of nitrogens with one attached hydrogen (secondary N) is 1. The van der Waals surface area contributed by atoms with Gasteiger partial charge in [0.05, 0.1) is 5.56 Å². The zero-order chi connectivity index (χ0) is 12.2. The summed E-state index contributed by atoms with van der Waals surface area (Å²) < 4.78 is 38.0. The van der Waals surface area contributed by atoms with Gasteiger partial charge in [-0.25, -0.2) is 5.84 Å². The van der Waals surface area contributed by atoms with E-state index in [9.17, 15) is 13.2 Å². The Hall–Kier alpha value is -1.56. The first-order chi connectivity index (χ1) is 7.50. The zero-order valence-electron chi connectivity index (χ0n) is 8.67. The van der Waals surface area contributed by atoms with E-state index in [-0.39, 0.29) is 11.4 Å². The topological polar surface area (TPSA) is 50.4 Å². The van der Waals surface area contributed by atoms with Crippen LogP contribution in [0, 0.1) is 0 Å². The minimum Gasteiger partial charge on any atom is -0.308 e. The van der Waals surface area contributed by atoms with Gasteiger partial charge in [-0.05, 0) is 13.0 Å². The molecule has 0 aliphatic heterocycles. The summed E-state index contributed by atoms with van der Waals surface area (Å²) in [7, 11) is 0. The van der Waals surface area contributed by atoms with Crippen molar-refractivity contribution in [3.8, 4) is 0 Å². The third kappa shape index (κ3) is 2.73.